The number of nitrogens with two attached hydrogens (primary N) is 1. The molecule has 0 bridgehead atoms. The van der Waals surface area contributed by atoms with E-state index in [1.54, 1.807) is 14.0 Å². The lowest BCUT2D eigenvalue weighted by Crippen LogP contribution is -2.40. The molecule has 0 radical (unpaired) electrons. The number of anilines is 1. The number of carbonyl (C=O) groups excluding carboxylic acids is 1. The van der Waals surface area contributed by atoms with Crippen LogP contribution in [0, 0.1) is 24.7 Å². The van der Waals surface area contributed by atoms with Crippen molar-refractivity contribution in [1.82, 2.24) is 19.9 Å². The van der Waals surface area contributed by atoms with E-state index in [0.29, 0.717) is 40.5 Å². The fraction of sp³-hybridized carbons (Fsp3) is 0.273. The summed E-state index contributed by atoms with van der Waals surface area (Å²) in [6.07, 6.45) is 0. The Labute approximate surface area is 168 Å². The van der Waals surface area contributed by atoms with Gasteiger partial charge >= 0.3 is 0 Å². The molecule has 0 saturated carbocycles. The van der Waals surface area contributed by atoms with E-state index >= 15 is 0 Å². The van der Waals surface area contributed by atoms with Crippen LogP contribution in [0.1, 0.15) is 18.3 Å². The van der Waals surface area contributed by atoms with Crippen molar-refractivity contribution in [3.05, 3.63) is 47.8 Å². The maximum Gasteiger partial charge on any atom is 0.267 e. The number of likely N-dealkylation sites (tertiary alicyclic amines) is 1. The fourth-order valence-electron chi connectivity index (χ4n) is 3.55. The van der Waals surface area contributed by atoms with Gasteiger partial charge in [0.25, 0.3) is 5.91 Å². The zero-order valence-electron chi connectivity index (χ0n) is 16.5. The Morgan fingerprint density at radius 1 is 1.24 bits per heavy atom. The molecule has 0 unspecified atom stereocenters. The van der Waals surface area contributed by atoms with Crippen molar-refractivity contribution in [1.29, 1.82) is 0 Å². The van der Waals surface area contributed by atoms with E-state index in [0.717, 1.165) is 5.56 Å². The third kappa shape index (κ3) is 3.28. The molecule has 1 aliphatic rings. The van der Waals surface area contributed by atoms with Crippen LogP contribution in [0.3, 0.4) is 0 Å². The Balaban J connectivity index is 1.71. The van der Waals surface area contributed by atoms with Crippen LogP contribution in [-0.4, -0.2) is 50.1 Å². The van der Waals surface area contributed by atoms with Crippen molar-refractivity contribution in [2.75, 3.05) is 19.3 Å². The number of nitrogens with zero attached hydrogens (tertiary/aromatic N) is 4. The van der Waals surface area contributed by atoms with Gasteiger partial charge in [0.1, 0.15) is 11.3 Å². The summed E-state index contributed by atoms with van der Waals surface area (Å²) >= 11 is 0. The molecule has 3 aromatic rings. The van der Waals surface area contributed by atoms with Crippen molar-refractivity contribution in [2.45, 2.75) is 19.4 Å². The number of aliphatic hydroxyl groups is 1. The molecule has 7 heteroatoms. The van der Waals surface area contributed by atoms with Crippen molar-refractivity contribution in [2.24, 2.45) is 5.92 Å². The Kier molecular flexibility index (Phi) is 4.44. The lowest BCUT2D eigenvalue weighted by atomic mass is 9.92. The van der Waals surface area contributed by atoms with Gasteiger partial charge in [-0.25, -0.2) is 15.0 Å². The normalized spacial score (nSPS) is 21.3. The highest BCUT2D eigenvalue weighted by Gasteiger charge is 2.48. The molecule has 1 aromatic carbocycles. The number of carbonyl (C=O) groups is 1. The summed E-state index contributed by atoms with van der Waals surface area (Å²) in [5.74, 6) is 6.04. The summed E-state index contributed by atoms with van der Waals surface area (Å²) in [4.78, 5) is 26.9. The van der Waals surface area contributed by atoms with Gasteiger partial charge in [0.05, 0.1) is 11.2 Å². The second kappa shape index (κ2) is 6.83. The third-order valence-electron chi connectivity index (χ3n) is 5.17. The zero-order chi connectivity index (χ0) is 20.8. The summed E-state index contributed by atoms with van der Waals surface area (Å²) in [6, 6.07) is 11.2. The van der Waals surface area contributed by atoms with Gasteiger partial charge in [0.15, 0.2) is 5.82 Å². The van der Waals surface area contributed by atoms with Crippen LogP contribution >= 0.6 is 0 Å². The van der Waals surface area contributed by atoms with E-state index in [1.807, 2.05) is 43.3 Å². The molecule has 1 saturated heterocycles. The van der Waals surface area contributed by atoms with E-state index in [2.05, 4.69) is 26.8 Å². The standard InChI is InChI=1S/C22H21N5O2/c1-13-12-27(3)21(28)22(13,29)10-9-15-5-4-6-16(11-15)17-7-8-18-19(26-17)20(23)25-14(2)24-18/h4-8,11,13,29H,12H2,1-3H3,(H2,23,24,25)/t13-,22-/m1/s1. The highest BCUT2D eigenvalue weighted by Crippen LogP contribution is 2.28. The maximum atomic E-state index is 12.3. The molecular weight excluding hydrogens is 366 g/mol. The van der Waals surface area contributed by atoms with Gasteiger partial charge in [-0.05, 0) is 31.2 Å². The summed E-state index contributed by atoms with van der Waals surface area (Å²) in [7, 11) is 1.67. The lowest BCUT2D eigenvalue weighted by Gasteiger charge is -2.17. The van der Waals surface area contributed by atoms with Crippen LogP contribution in [0.5, 0.6) is 0 Å². The maximum absolute atomic E-state index is 12.3. The summed E-state index contributed by atoms with van der Waals surface area (Å²) < 4.78 is 0. The molecule has 2 aromatic heterocycles. The minimum Gasteiger partial charge on any atom is -0.382 e. The fourth-order valence-corrected chi connectivity index (χ4v) is 3.55. The van der Waals surface area contributed by atoms with Gasteiger partial charge < -0.3 is 15.7 Å². The van der Waals surface area contributed by atoms with Crippen molar-refractivity contribution < 1.29 is 9.90 Å². The molecule has 1 aliphatic heterocycles. The molecule has 29 heavy (non-hydrogen) atoms. The van der Waals surface area contributed by atoms with Gasteiger partial charge in [-0.2, -0.15) is 0 Å². The number of benzene rings is 1. The number of pyridine rings is 1. The monoisotopic (exact) mass is 387 g/mol. The zero-order valence-corrected chi connectivity index (χ0v) is 16.5. The Hall–Kier alpha value is -3.50. The molecule has 146 valence electrons. The van der Waals surface area contributed by atoms with E-state index in [4.69, 9.17) is 5.73 Å². The van der Waals surface area contributed by atoms with Crippen molar-refractivity contribution in [3.63, 3.8) is 0 Å². The number of rotatable bonds is 1. The Bertz CT molecular complexity index is 1200. The SMILES string of the molecule is Cc1nc(N)c2nc(-c3cccc(C#C[C@]4(O)C(=O)N(C)C[C@H]4C)c3)ccc2n1. The molecule has 7 nitrogen and oxygen atoms in total. The number of aryl methyl sites for hydroxylation is 1. The van der Waals surface area contributed by atoms with Gasteiger partial charge in [-0.1, -0.05) is 30.9 Å². The highest BCUT2D eigenvalue weighted by atomic mass is 16.3. The highest BCUT2D eigenvalue weighted by molar-refractivity contribution is 5.91. The smallest absolute Gasteiger partial charge is 0.267 e. The first kappa shape index (κ1) is 18.8. The molecular formula is C22H21N5O2. The van der Waals surface area contributed by atoms with Crippen LogP contribution in [-0.2, 0) is 4.79 Å². The predicted molar refractivity (Wildman–Crippen MR) is 111 cm³/mol. The van der Waals surface area contributed by atoms with Gasteiger partial charge in [-0.15, -0.1) is 0 Å². The van der Waals surface area contributed by atoms with Crippen LogP contribution < -0.4 is 5.73 Å². The number of fused-ring (bicyclic) bond motifs is 1. The number of amides is 1. The molecule has 0 spiro atoms. The summed E-state index contributed by atoms with van der Waals surface area (Å²) in [5, 5.41) is 10.7. The summed E-state index contributed by atoms with van der Waals surface area (Å²) in [5.41, 5.74) is 7.82. The van der Waals surface area contributed by atoms with Crippen LogP contribution in [0.2, 0.25) is 0 Å². The number of nitrogen functional groups attached to an aromatic ring is 1. The second-order valence-electron chi connectivity index (χ2n) is 7.40. The molecule has 1 fully saturated rings. The van der Waals surface area contributed by atoms with Crippen LogP contribution in [0.25, 0.3) is 22.3 Å². The van der Waals surface area contributed by atoms with E-state index < -0.39 is 5.60 Å². The van der Waals surface area contributed by atoms with Crippen molar-refractivity contribution in [3.8, 4) is 23.1 Å². The average Bonchev–Trinajstić information content (AvgIpc) is 2.89. The van der Waals surface area contributed by atoms with E-state index in [-0.39, 0.29) is 11.8 Å². The first-order valence-corrected chi connectivity index (χ1v) is 9.30. The minimum atomic E-state index is -1.66. The number of hydrogen-bond acceptors (Lipinski definition) is 6. The van der Waals surface area contributed by atoms with Gasteiger partial charge in [0.2, 0.25) is 5.60 Å². The van der Waals surface area contributed by atoms with Crippen LogP contribution in [0.4, 0.5) is 5.82 Å². The number of likely N-dealkylation sites (N-methyl/N-ethyl adjacent to an activating group) is 1. The molecule has 2 atom stereocenters. The third-order valence-corrected chi connectivity index (χ3v) is 5.17. The molecule has 3 heterocycles. The minimum absolute atomic E-state index is 0.260. The average molecular weight is 387 g/mol. The molecule has 4 rings (SSSR count). The van der Waals surface area contributed by atoms with E-state index in [1.165, 1.54) is 4.90 Å². The largest absolute Gasteiger partial charge is 0.382 e. The topological polar surface area (TPSA) is 105 Å². The van der Waals surface area contributed by atoms with Crippen LogP contribution in [0.15, 0.2) is 36.4 Å². The lowest BCUT2D eigenvalue weighted by molar-refractivity contribution is -0.138. The number of hydrogen-bond donors (Lipinski definition) is 2. The molecule has 1 amide bonds. The summed E-state index contributed by atoms with van der Waals surface area (Å²) in [6.45, 7) is 4.08. The van der Waals surface area contributed by atoms with E-state index in [9.17, 15) is 9.90 Å². The van der Waals surface area contributed by atoms with Crippen molar-refractivity contribution >= 4 is 22.8 Å². The quantitative estimate of drug-likeness (QED) is 0.617. The Morgan fingerprint density at radius 2 is 2.03 bits per heavy atom. The Morgan fingerprint density at radius 3 is 2.76 bits per heavy atom. The number of aromatic nitrogens is 3. The molecule has 3 N–H and O–H groups in total. The second-order valence-corrected chi connectivity index (χ2v) is 7.40. The molecule has 0 aliphatic carbocycles. The van der Waals surface area contributed by atoms with Gasteiger partial charge in [-0.3, -0.25) is 4.79 Å². The first-order valence-electron chi connectivity index (χ1n) is 9.30. The first-order chi connectivity index (χ1) is 13.8. The predicted octanol–water partition coefficient (Wildman–Crippen LogP) is 1.77. The van der Waals surface area contributed by atoms with Gasteiger partial charge in [0, 0.05) is 30.6 Å².